The summed E-state index contributed by atoms with van der Waals surface area (Å²) in [5.41, 5.74) is 1.18. The van der Waals surface area contributed by atoms with Gasteiger partial charge in [-0.1, -0.05) is 31.1 Å². The summed E-state index contributed by atoms with van der Waals surface area (Å²) in [6.45, 7) is 2.45. The SMILES string of the molecule is COc1ccc(CCO[C@@H]2CCCC[C@H]2N2CC[C@@H](OC(=O)C3CC4C=CC3O4)C2)cc1OC. The number of esters is 1. The van der Waals surface area contributed by atoms with Gasteiger partial charge in [0.25, 0.3) is 0 Å². The topological polar surface area (TPSA) is 66.5 Å². The van der Waals surface area contributed by atoms with Gasteiger partial charge in [0.2, 0.25) is 0 Å². The van der Waals surface area contributed by atoms with Crippen LogP contribution in [0.1, 0.15) is 44.1 Å². The number of methoxy groups -OCH3 is 2. The molecular formula is C27H37NO6. The van der Waals surface area contributed by atoms with Crippen molar-refractivity contribution in [2.24, 2.45) is 5.92 Å². The van der Waals surface area contributed by atoms with E-state index in [0.29, 0.717) is 12.6 Å². The number of carbonyl (C=O) groups is 1. The molecule has 0 amide bonds. The molecule has 0 N–H and O–H groups in total. The van der Waals surface area contributed by atoms with Gasteiger partial charge in [-0.15, -0.1) is 0 Å². The highest BCUT2D eigenvalue weighted by Gasteiger charge is 2.43. The Labute approximate surface area is 202 Å². The van der Waals surface area contributed by atoms with Crippen LogP contribution in [0.15, 0.2) is 30.4 Å². The van der Waals surface area contributed by atoms with Crippen LogP contribution >= 0.6 is 0 Å². The molecule has 4 aliphatic rings. The fraction of sp³-hybridized carbons (Fsp3) is 0.667. The molecule has 2 saturated heterocycles. The van der Waals surface area contributed by atoms with Crippen LogP contribution in [0.2, 0.25) is 0 Å². The zero-order chi connectivity index (χ0) is 23.5. The number of carbonyl (C=O) groups excluding carboxylic acids is 1. The Balaban J connectivity index is 1.11. The number of ether oxygens (including phenoxy) is 5. The Morgan fingerprint density at radius 1 is 1.09 bits per heavy atom. The van der Waals surface area contributed by atoms with E-state index in [4.69, 9.17) is 23.7 Å². The van der Waals surface area contributed by atoms with Crippen molar-refractivity contribution >= 4 is 5.97 Å². The summed E-state index contributed by atoms with van der Waals surface area (Å²) in [5, 5.41) is 0. The summed E-state index contributed by atoms with van der Waals surface area (Å²) < 4.78 is 28.9. The van der Waals surface area contributed by atoms with E-state index in [-0.39, 0.29) is 36.3 Å². The van der Waals surface area contributed by atoms with E-state index >= 15 is 0 Å². The fourth-order valence-electron chi connectivity index (χ4n) is 5.96. The number of likely N-dealkylation sites (tertiary alicyclic amines) is 1. The average molecular weight is 472 g/mol. The average Bonchev–Trinajstić information content (AvgIpc) is 3.62. The minimum atomic E-state index is -0.133. The second-order valence-corrected chi connectivity index (χ2v) is 9.91. The van der Waals surface area contributed by atoms with Crippen LogP contribution < -0.4 is 9.47 Å². The molecule has 3 aliphatic heterocycles. The highest BCUT2D eigenvalue weighted by molar-refractivity contribution is 5.74. The maximum absolute atomic E-state index is 12.7. The third kappa shape index (κ3) is 5.11. The summed E-state index contributed by atoms with van der Waals surface area (Å²) >= 11 is 0. The van der Waals surface area contributed by atoms with E-state index < -0.39 is 0 Å². The molecule has 0 spiro atoms. The first-order chi connectivity index (χ1) is 16.6. The van der Waals surface area contributed by atoms with Gasteiger partial charge >= 0.3 is 5.97 Å². The van der Waals surface area contributed by atoms with Gasteiger partial charge in [0.15, 0.2) is 11.5 Å². The quantitative estimate of drug-likeness (QED) is 0.403. The van der Waals surface area contributed by atoms with Crippen molar-refractivity contribution in [3.63, 3.8) is 0 Å². The van der Waals surface area contributed by atoms with E-state index in [9.17, 15) is 4.79 Å². The van der Waals surface area contributed by atoms with Gasteiger partial charge in [-0.3, -0.25) is 9.69 Å². The molecule has 6 atom stereocenters. The second-order valence-electron chi connectivity index (χ2n) is 9.91. The summed E-state index contributed by atoms with van der Waals surface area (Å²) in [6.07, 6.45) is 11.5. The molecule has 0 radical (unpaired) electrons. The van der Waals surface area contributed by atoms with Gasteiger partial charge in [0.05, 0.1) is 45.1 Å². The zero-order valence-corrected chi connectivity index (χ0v) is 20.3. The molecule has 7 nitrogen and oxygen atoms in total. The standard InChI is InChI=1S/C27H37NO6/c1-30-25-9-7-18(15-26(25)31-2)12-14-32-24-6-4-3-5-22(24)28-13-11-20(17-28)34-27(29)21-16-19-8-10-23(21)33-19/h7-10,15,19-24H,3-6,11-14,16-17H2,1-2H3/t19?,20-,21?,22-,23?,24-/m1/s1. The number of benzene rings is 1. The first-order valence-electron chi connectivity index (χ1n) is 12.8. The molecule has 1 saturated carbocycles. The van der Waals surface area contributed by atoms with Crippen LogP contribution in [0.4, 0.5) is 0 Å². The molecule has 0 aromatic heterocycles. The van der Waals surface area contributed by atoms with Gasteiger partial charge in [0.1, 0.15) is 6.10 Å². The summed E-state index contributed by atoms with van der Waals surface area (Å²) in [4.78, 5) is 15.2. The number of hydrogen-bond donors (Lipinski definition) is 0. The Bertz CT molecular complexity index is 888. The predicted octanol–water partition coefficient (Wildman–Crippen LogP) is 3.54. The molecule has 3 unspecified atom stereocenters. The largest absolute Gasteiger partial charge is 0.493 e. The van der Waals surface area contributed by atoms with E-state index in [1.807, 2.05) is 18.2 Å². The van der Waals surface area contributed by atoms with E-state index in [1.165, 1.54) is 18.4 Å². The molecule has 34 heavy (non-hydrogen) atoms. The molecule has 1 aromatic carbocycles. The van der Waals surface area contributed by atoms with Crippen LogP contribution in [0, 0.1) is 5.92 Å². The van der Waals surface area contributed by atoms with Crippen LogP contribution in [-0.2, 0) is 25.4 Å². The maximum Gasteiger partial charge on any atom is 0.312 e. The van der Waals surface area contributed by atoms with Crippen LogP contribution in [0.5, 0.6) is 11.5 Å². The first-order valence-corrected chi connectivity index (χ1v) is 12.8. The lowest BCUT2D eigenvalue weighted by molar-refractivity contribution is -0.154. The first kappa shape index (κ1) is 23.6. The summed E-state index contributed by atoms with van der Waals surface area (Å²) in [5.74, 6) is 1.27. The molecule has 1 aromatic rings. The van der Waals surface area contributed by atoms with Crippen molar-refractivity contribution in [2.75, 3.05) is 33.9 Å². The number of rotatable bonds is 9. The second kappa shape index (κ2) is 10.7. The predicted molar refractivity (Wildman–Crippen MR) is 127 cm³/mol. The number of fused-ring (bicyclic) bond motifs is 2. The third-order valence-electron chi connectivity index (χ3n) is 7.80. The van der Waals surface area contributed by atoms with E-state index in [1.54, 1.807) is 14.2 Å². The minimum absolute atomic E-state index is 0.0232. The monoisotopic (exact) mass is 471 g/mol. The van der Waals surface area contributed by atoms with Crippen molar-refractivity contribution < 1.29 is 28.5 Å². The van der Waals surface area contributed by atoms with E-state index in [0.717, 1.165) is 56.7 Å². The highest BCUT2D eigenvalue weighted by atomic mass is 16.6. The molecule has 7 heteroatoms. The molecule has 186 valence electrons. The van der Waals surface area contributed by atoms with Crippen molar-refractivity contribution in [1.82, 2.24) is 4.90 Å². The summed E-state index contributed by atoms with van der Waals surface area (Å²) in [6, 6.07) is 6.44. The Morgan fingerprint density at radius 2 is 1.94 bits per heavy atom. The van der Waals surface area contributed by atoms with Crippen molar-refractivity contribution in [3.8, 4) is 11.5 Å². The van der Waals surface area contributed by atoms with Gasteiger partial charge < -0.3 is 23.7 Å². The van der Waals surface area contributed by atoms with Crippen LogP contribution in [0.25, 0.3) is 0 Å². The Hall–Kier alpha value is -2.09. The minimum Gasteiger partial charge on any atom is -0.493 e. The molecular weight excluding hydrogens is 434 g/mol. The molecule has 2 bridgehead atoms. The number of hydrogen-bond acceptors (Lipinski definition) is 7. The lowest BCUT2D eigenvalue weighted by Crippen LogP contribution is -2.46. The third-order valence-corrected chi connectivity index (χ3v) is 7.80. The van der Waals surface area contributed by atoms with Crippen molar-refractivity contribution in [1.29, 1.82) is 0 Å². The fourth-order valence-corrected chi connectivity index (χ4v) is 5.96. The van der Waals surface area contributed by atoms with Crippen molar-refractivity contribution in [3.05, 3.63) is 35.9 Å². The van der Waals surface area contributed by atoms with Gasteiger partial charge in [-0.25, -0.2) is 0 Å². The lowest BCUT2D eigenvalue weighted by Gasteiger charge is -2.37. The van der Waals surface area contributed by atoms with Gasteiger partial charge in [-0.05, 0) is 49.8 Å². The maximum atomic E-state index is 12.7. The zero-order valence-electron chi connectivity index (χ0n) is 20.3. The van der Waals surface area contributed by atoms with Gasteiger partial charge in [-0.2, -0.15) is 0 Å². The smallest absolute Gasteiger partial charge is 0.312 e. The molecule has 1 aliphatic carbocycles. The molecule has 3 fully saturated rings. The van der Waals surface area contributed by atoms with E-state index in [2.05, 4.69) is 17.0 Å². The normalized spacial score (nSPS) is 32.8. The molecule has 5 rings (SSSR count). The van der Waals surface area contributed by atoms with Crippen LogP contribution in [0.3, 0.4) is 0 Å². The highest BCUT2D eigenvalue weighted by Crippen LogP contribution is 2.35. The van der Waals surface area contributed by atoms with Gasteiger partial charge in [0, 0.05) is 19.1 Å². The van der Waals surface area contributed by atoms with Crippen molar-refractivity contribution in [2.45, 2.75) is 75.4 Å². The lowest BCUT2D eigenvalue weighted by atomic mass is 9.91. The Kier molecular flexibility index (Phi) is 7.42. The Morgan fingerprint density at radius 3 is 2.71 bits per heavy atom. The number of nitrogens with zero attached hydrogens (tertiary/aromatic N) is 1. The molecule has 3 heterocycles. The van der Waals surface area contributed by atoms with Crippen LogP contribution in [-0.4, -0.2) is 75.2 Å². The summed E-state index contributed by atoms with van der Waals surface area (Å²) in [7, 11) is 3.31.